The predicted molar refractivity (Wildman–Crippen MR) is 71.1 cm³/mol. The SMILES string of the molecule is COCC(CCO)NC1CCC(C)(C)CC1C. The maximum atomic E-state index is 9.05. The third-order valence-electron chi connectivity index (χ3n) is 3.99. The first-order valence-electron chi connectivity index (χ1n) is 6.84. The number of ether oxygens (including phenoxy) is 1. The molecule has 17 heavy (non-hydrogen) atoms. The summed E-state index contributed by atoms with van der Waals surface area (Å²) in [6.45, 7) is 7.97. The molecule has 0 aliphatic heterocycles. The quantitative estimate of drug-likeness (QED) is 0.751. The number of aliphatic hydroxyl groups is 1. The van der Waals surface area contributed by atoms with Gasteiger partial charge in [-0.25, -0.2) is 0 Å². The van der Waals surface area contributed by atoms with E-state index in [-0.39, 0.29) is 6.61 Å². The van der Waals surface area contributed by atoms with Gasteiger partial charge in [0, 0.05) is 25.8 Å². The molecule has 0 saturated heterocycles. The summed E-state index contributed by atoms with van der Waals surface area (Å²) in [5, 5.41) is 12.7. The van der Waals surface area contributed by atoms with Gasteiger partial charge in [0.2, 0.25) is 0 Å². The molecular formula is C14H29NO2. The number of hydrogen-bond acceptors (Lipinski definition) is 3. The third kappa shape index (κ3) is 4.94. The second-order valence-corrected chi connectivity index (χ2v) is 6.32. The van der Waals surface area contributed by atoms with Crippen LogP contribution >= 0.6 is 0 Å². The smallest absolute Gasteiger partial charge is 0.0616 e. The Labute approximate surface area is 106 Å². The summed E-state index contributed by atoms with van der Waals surface area (Å²) in [6, 6.07) is 0.869. The van der Waals surface area contributed by atoms with Crippen LogP contribution < -0.4 is 5.32 Å². The normalized spacial score (nSPS) is 30.2. The Hall–Kier alpha value is -0.120. The Morgan fingerprint density at radius 3 is 2.71 bits per heavy atom. The molecule has 2 N–H and O–H groups in total. The zero-order valence-corrected chi connectivity index (χ0v) is 11.8. The molecular weight excluding hydrogens is 214 g/mol. The van der Waals surface area contributed by atoms with Crippen LogP contribution in [-0.4, -0.2) is 37.5 Å². The molecule has 0 aromatic rings. The summed E-state index contributed by atoms with van der Waals surface area (Å²) in [7, 11) is 1.72. The zero-order chi connectivity index (χ0) is 12.9. The summed E-state index contributed by atoms with van der Waals surface area (Å²) in [4.78, 5) is 0. The van der Waals surface area contributed by atoms with Crippen LogP contribution in [0, 0.1) is 11.3 Å². The second kappa shape index (κ2) is 6.72. The largest absolute Gasteiger partial charge is 0.396 e. The van der Waals surface area contributed by atoms with Crippen LogP contribution in [-0.2, 0) is 4.74 Å². The highest BCUT2D eigenvalue weighted by molar-refractivity contribution is 4.88. The summed E-state index contributed by atoms with van der Waals surface area (Å²) in [5.74, 6) is 0.705. The number of nitrogens with one attached hydrogen (secondary N) is 1. The van der Waals surface area contributed by atoms with E-state index in [1.807, 2.05) is 0 Å². The van der Waals surface area contributed by atoms with Crippen molar-refractivity contribution in [2.45, 2.75) is 58.5 Å². The molecule has 1 fully saturated rings. The van der Waals surface area contributed by atoms with Crippen molar-refractivity contribution in [3.05, 3.63) is 0 Å². The molecule has 1 aliphatic rings. The van der Waals surface area contributed by atoms with Crippen molar-refractivity contribution in [2.24, 2.45) is 11.3 Å². The molecule has 1 saturated carbocycles. The summed E-state index contributed by atoms with van der Waals surface area (Å²) >= 11 is 0. The molecule has 0 spiro atoms. The van der Waals surface area contributed by atoms with Crippen molar-refractivity contribution in [3.63, 3.8) is 0 Å². The standard InChI is InChI=1S/C14H29NO2/c1-11-9-14(2,3)7-5-13(11)15-12(6-8-16)10-17-4/h11-13,15-16H,5-10H2,1-4H3. The van der Waals surface area contributed by atoms with Gasteiger partial charge in [0.05, 0.1) is 6.61 Å². The molecule has 0 aromatic carbocycles. The topological polar surface area (TPSA) is 41.5 Å². The van der Waals surface area contributed by atoms with Crippen molar-refractivity contribution < 1.29 is 9.84 Å². The van der Waals surface area contributed by atoms with Crippen LogP contribution in [0.15, 0.2) is 0 Å². The van der Waals surface area contributed by atoms with E-state index in [1.165, 1.54) is 19.3 Å². The maximum absolute atomic E-state index is 9.05. The lowest BCUT2D eigenvalue weighted by atomic mass is 9.70. The minimum atomic E-state index is 0.230. The fourth-order valence-corrected chi connectivity index (χ4v) is 3.07. The van der Waals surface area contributed by atoms with Gasteiger partial charge in [-0.1, -0.05) is 20.8 Å². The summed E-state index contributed by atoms with van der Waals surface area (Å²) in [5.41, 5.74) is 0.491. The Morgan fingerprint density at radius 2 is 2.18 bits per heavy atom. The second-order valence-electron chi connectivity index (χ2n) is 6.32. The lowest BCUT2D eigenvalue weighted by Gasteiger charge is -2.41. The van der Waals surface area contributed by atoms with Crippen LogP contribution in [0.3, 0.4) is 0 Å². The number of methoxy groups -OCH3 is 1. The highest BCUT2D eigenvalue weighted by atomic mass is 16.5. The molecule has 3 heteroatoms. The van der Waals surface area contributed by atoms with Crippen molar-refractivity contribution in [1.82, 2.24) is 5.32 Å². The Balaban J connectivity index is 2.44. The van der Waals surface area contributed by atoms with Crippen molar-refractivity contribution in [2.75, 3.05) is 20.3 Å². The van der Waals surface area contributed by atoms with Gasteiger partial charge in [-0.2, -0.15) is 0 Å². The van der Waals surface area contributed by atoms with Crippen LogP contribution in [0.2, 0.25) is 0 Å². The molecule has 0 heterocycles. The van der Waals surface area contributed by atoms with Gasteiger partial charge in [-0.3, -0.25) is 0 Å². The van der Waals surface area contributed by atoms with E-state index in [0.717, 1.165) is 6.42 Å². The van der Waals surface area contributed by atoms with Gasteiger partial charge in [0.1, 0.15) is 0 Å². The summed E-state index contributed by atoms with van der Waals surface area (Å²) in [6.07, 6.45) is 4.58. The Morgan fingerprint density at radius 1 is 1.47 bits per heavy atom. The van der Waals surface area contributed by atoms with Gasteiger partial charge < -0.3 is 15.2 Å². The van der Waals surface area contributed by atoms with Crippen LogP contribution in [0.1, 0.15) is 46.5 Å². The molecule has 0 bridgehead atoms. The minimum Gasteiger partial charge on any atom is -0.396 e. The Kier molecular flexibility index (Phi) is 5.90. The van der Waals surface area contributed by atoms with Crippen LogP contribution in [0.5, 0.6) is 0 Å². The van der Waals surface area contributed by atoms with Crippen LogP contribution in [0.25, 0.3) is 0 Å². The van der Waals surface area contributed by atoms with Gasteiger partial charge in [0.25, 0.3) is 0 Å². The van der Waals surface area contributed by atoms with E-state index in [4.69, 9.17) is 9.84 Å². The van der Waals surface area contributed by atoms with E-state index < -0.39 is 0 Å². The molecule has 1 aliphatic carbocycles. The van der Waals surface area contributed by atoms with E-state index in [1.54, 1.807) is 7.11 Å². The Bertz CT molecular complexity index is 212. The predicted octanol–water partition coefficient (Wildman–Crippen LogP) is 2.19. The first kappa shape index (κ1) is 14.9. The van der Waals surface area contributed by atoms with E-state index in [9.17, 15) is 0 Å². The average molecular weight is 243 g/mol. The molecule has 0 aromatic heterocycles. The van der Waals surface area contributed by atoms with Gasteiger partial charge in [0.15, 0.2) is 0 Å². The fraction of sp³-hybridized carbons (Fsp3) is 1.00. The number of rotatable bonds is 6. The van der Waals surface area contributed by atoms with Gasteiger partial charge in [-0.05, 0) is 37.0 Å². The van der Waals surface area contributed by atoms with E-state index >= 15 is 0 Å². The zero-order valence-electron chi connectivity index (χ0n) is 11.8. The molecule has 0 radical (unpaired) electrons. The molecule has 3 nitrogen and oxygen atoms in total. The molecule has 102 valence electrons. The van der Waals surface area contributed by atoms with Gasteiger partial charge in [-0.15, -0.1) is 0 Å². The van der Waals surface area contributed by atoms with Crippen molar-refractivity contribution >= 4 is 0 Å². The molecule has 3 atom stereocenters. The number of hydrogen-bond donors (Lipinski definition) is 2. The van der Waals surface area contributed by atoms with Crippen molar-refractivity contribution in [3.8, 4) is 0 Å². The lowest BCUT2D eigenvalue weighted by Crippen LogP contribution is -2.48. The highest BCUT2D eigenvalue weighted by Crippen LogP contribution is 2.38. The lowest BCUT2D eigenvalue weighted by molar-refractivity contribution is 0.104. The van der Waals surface area contributed by atoms with Crippen molar-refractivity contribution in [1.29, 1.82) is 0 Å². The van der Waals surface area contributed by atoms with E-state index in [2.05, 4.69) is 26.1 Å². The monoisotopic (exact) mass is 243 g/mol. The van der Waals surface area contributed by atoms with E-state index in [0.29, 0.717) is 30.0 Å². The minimum absolute atomic E-state index is 0.230. The first-order chi connectivity index (χ1) is 7.98. The first-order valence-corrected chi connectivity index (χ1v) is 6.84. The van der Waals surface area contributed by atoms with Gasteiger partial charge >= 0.3 is 0 Å². The fourth-order valence-electron chi connectivity index (χ4n) is 3.07. The molecule has 3 unspecified atom stereocenters. The number of aliphatic hydroxyl groups excluding tert-OH is 1. The highest BCUT2D eigenvalue weighted by Gasteiger charge is 2.32. The maximum Gasteiger partial charge on any atom is 0.0616 e. The molecule has 1 rings (SSSR count). The third-order valence-corrected chi connectivity index (χ3v) is 3.99. The summed E-state index contributed by atoms with van der Waals surface area (Å²) < 4.78 is 5.20. The molecule has 0 amide bonds. The van der Waals surface area contributed by atoms with Crippen LogP contribution in [0.4, 0.5) is 0 Å². The average Bonchev–Trinajstić information content (AvgIpc) is 2.22.